The summed E-state index contributed by atoms with van der Waals surface area (Å²) in [6.07, 6.45) is 4.86. The van der Waals surface area contributed by atoms with Gasteiger partial charge in [0.1, 0.15) is 0 Å². The standard InChI is InChI=1S/C11H17NOS/c12-6-2-1-3-10-9-5-8-14-11(9)4-7-13-10/h5,8,10H,1-4,6-7,12H2/t10-/m0/s1. The highest BCUT2D eigenvalue weighted by atomic mass is 32.1. The molecule has 0 radical (unpaired) electrons. The van der Waals surface area contributed by atoms with Crippen LogP contribution in [0.25, 0.3) is 0 Å². The maximum absolute atomic E-state index is 5.78. The largest absolute Gasteiger partial charge is 0.373 e. The molecule has 1 aromatic rings. The van der Waals surface area contributed by atoms with Crippen molar-refractivity contribution in [3.8, 4) is 0 Å². The van der Waals surface area contributed by atoms with Crippen LogP contribution in [0.4, 0.5) is 0 Å². The van der Waals surface area contributed by atoms with Crippen LogP contribution in [0, 0.1) is 0 Å². The minimum absolute atomic E-state index is 0.344. The summed E-state index contributed by atoms with van der Waals surface area (Å²) < 4.78 is 5.78. The summed E-state index contributed by atoms with van der Waals surface area (Å²) in [5.41, 5.74) is 6.91. The van der Waals surface area contributed by atoms with Crippen molar-refractivity contribution in [3.05, 3.63) is 21.9 Å². The fourth-order valence-electron chi connectivity index (χ4n) is 1.94. The molecule has 2 rings (SSSR count). The molecule has 0 bridgehead atoms. The Bertz CT molecular complexity index is 285. The maximum atomic E-state index is 5.78. The Morgan fingerprint density at radius 3 is 3.29 bits per heavy atom. The topological polar surface area (TPSA) is 35.2 Å². The smallest absolute Gasteiger partial charge is 0.0835 e. The molecule has 3 heteroatoms. The van der Waals surface area contributed by atoms with E-state index in [0.717, 1.165) is 32.4 Å². The zero-order valence-electron chi connectivity index (χ0n) is 8.37. The second kappa shape index (κ2) is 4.91. The summed E-state index contributed by atoms with van der Waals surface area (Å²) in [4.78, 5) is 1.52. The maximum Gasteiger partial charge on any atom is 0.0835 e. The van der Waals surface area contributed by atoms with Gasteiger partial charge in [0, 0.05) is 11.3 Å². The van der Waals surface area contributed by atoms with Gasteiger partial charge in [-0.05, 0) is 42.8 Å². The lowest BCUT2D eigenvalue weighted by Gasteiger charge is -2.23. The molecule has 2 nitrogen and oxygen atoms in total. The van der Waals surface area contributed by atoms with E-state index in [1.165, 1.54) is 16.9 Å². The normalized spacial score (nSPS) is 20.8. The van der Waals surface area contributed by atoms with Crippen LogP contribution in [0.1, 0.15) is 35.8 Å². The number of rotatable bonds is 4. The molecule has 1 aromatic heterocycles. The minimum atomic E-state index is 0.344. The molecule has 14 heavy (non-hydrogen) atoms. The van der Waals surface area contributed by atoms with E-state index in [9.17, 15) is 0 Å². The average Bonchev–Trinajstić information content (AvgIpc) is 2.67. The van der Waals surface area contributed by atoms with E-state index < -0.39 is 0 Å². The van der Waals surface area contributed by atoms with Crippen LogP contribution in [0.3, 0.4) is 0 Å². The van der Waals surface area contributed by atoms with Gasteiger partial charge in [0.2, 0.25) is 0 Å². The fourth-order valence-corrected chi connectivity index (χ4v) is 2.85. The molecule has 0 fully saturated rings. The van der Waals surface area contributed by atoms with E-state index in [2.05, 4.69) is 11.4 Å². The number of hydrogen-bond acceptors (Lipinski definition) is 3. The van der Waals surface area contributed by atoms with Gasteiger partial charge in [-0.15, -0.1) is 11.3 Å². The molecule has 1 aliphatic heterocycles. The van der Waals surface area contributed by atoms with Crippen LogP contribution in [0.5, 0.6) is 0 Å². The van der Waals surface area contributed by atoms with Crippen LogP contribution >= 0.6 is 11.3 Å². The van der Waals surface area contributed by atoms with E-state index in [4.69, 9.17) is 10.5 Å². The molecule has 0 aliphatic carbocycles. The zero-order valence-corrected chi connectivity index (χ0v) is 9.19. The predicted molar refractivity (Wildman–Crippen MR) is 59.6 cm³/mol. The first-order valence-electron chi connectivity index (χ1n) is 5.29. The van der Waals surface area contributed by atoms with Gasteiger partial charge in [0.25, 0.3) is 0 Å². The zero-order chi connectivity index (χ0) is 9.80. The van der Waals surface area contributed by atoms with Crippen molar-refractivity contribution >= 4 is 11.3 Å². The quantitative estimate of drug-likeness (QED) is 0.777. The van der Waals surface area contributed by atoms with Crippen molar-refractivity contribution in [3.63, 3.8) is 0 Å². The fraction of sp³-hybridized carbons (Fsp3) is 0.636. The van der Waals surface area contributed by atoms with Crippen LogP contribution in [-0.2, 0) is 11.2 Å². The molecular formula is C11H17NOS. The molecule has 1 aliphatic rings. The van der Waals surface area contributed by atoms with Gasteiger partial charge in [-0.1, -0.05) is 0 Å². The second-order valence-corrected chi connectivity index (χ2v) is 4.69. The Balaban J connectivity index is 1.94. The number of ether oxygens (including phenoxy) is 1. The Morgan fingerprint density at radius 2 is 2.43 bits per heavy atom. The van der Waals surface area contributed by atoms with Gasteiger partial charge in [0.15, 0.2) is 0 Å². The number of thiophene rings is 1. The minimum Gasteiger partial charge on any atom is -0.373 e. The molecule has 1 atom stereocenters. The van der Waals surface area contributed by atoms with Crippen LogP contribution in [-0.4, -0.2) is 13.2 Å². The highest BCUT2D eigenvalue weighted by Crippen LogP contribution is 2.33. The molecule has 0 aromatic carbocycles. The van der Waals surface area contributed by atoms with E-state index in [0.29, 0.717) is 6.10 Å². The summed E-state index contributed by atoms with van der Waals surface area (Å²) in [7, 11) is 0. The third kappa shape index (κ3) is 2.16. The number of unbranched alkanes of at least 4 members (excludes halogenated alkanes) is 1. The van der Waals surface area contributed by atoms with Gasteiger partial charge in [-0.25, -0.2) is 0 Å². The summed E-state index contributed by atoms with van der Waals surface area (Å²) in [5.74, 6) is 0. The molecule has 2 N–H and O–H groups in total. The number of hydrogen-bond donors (Lipinski definition) is 1. The van der Waals surface area contributed by atoms with Gasteiger partial charge in [-0.2, -0.15) is 0 Å². The van der Waals surface area contributed by atoms with Crippen molar-refractivity contribution in [2.24, 2.45) is 5.73 Å². The Kier molecular flexibility index (Phi) is 3.56. The van der Waals surface area contributed by atoms with Crippen molar-refractivity contribution in [2.45, 2.75) is 31.8 Å². The lowest BCUT2D eigenvalue weighted by Crippen LogP contribution is -2.14. The molecular weight excluding hydrogens is 194 g/mol. The van der Waals surface area contributed by atoms with Crippen molar-refractivity contribution in [1.29, 1.82) is 0 Å². The van der Waals surface area contributed by atoms with E-state index in [1.54, 1.807) is 0 Å². The van der Waals surface area contributed by atoms with E-state index in [-0.39, 0.29) is 0 Å². The molecule has 0 saturated carbocycles. The molecule has 0 amide bonds. The second-order valence-electron chi connectivity index (χ2n) is 3.69. The van der Waals surface area contributed by atoms with Crippen LogP contribution in [0.15, 0.2) is 11.4 Å². The molecule has 0 spiro atoms. The third-order valence-electron chi connectivity index (χ3n) is 2.70. The summed E-state index contributed by atoms with van der Waals surface area (Å²) >= 11 is 1.86. The van der Waals surface area contributed by atoms with E-state index in [1.807, 2.05) is 11.3 Å². The first kappa shape index (κ1) is 10.1. The lowest BCUT2D eigenvalue weighted by molar-refractivity contribution is 0.0363. The highest BCUT2D eigenvalue weighted by molar-refractivity contribution is 7.10. The van der Waals surface area contributed by atoms with Gasteiger partial charge < -0.3 is 10.5 Å². The molecule has 78 valence electrons. The SMILES string of the molecule is NCCCC[C@@H]1OCCc2sccc21. The summed E-state index contributed by atoms with van der Waals surface area (Å²) in [6, 6.07) is 2.21. The number of fused-ring (bicyclic) bond motifs is 1. The first-order valence-corrected chi connectivity index (χ1v) is 6.17. The Morgan fingerprint density at radius 1 is 1.50 bits per heavy atom. The summed E-state index contributed by atoms with van der Waals surface area (Å²) in [6.45, 7) is 1.68. The van der Waals surface area contributed by atoms with Crippen LogP contribution < -0.4 is 5.73 Å². The van der Waals surface area contributed by atoms with Crippen molar-refractivity contribution in [1.82, 2.24) is 0 Å². The molecule has 0 saturated heterocycles. The van der Waals surface area contributed by atoms with Gasteiger partial charge >= 0.3 is 0 Å². The Labute approximate surface area is 89.1 Å². The van der Waals surface area contributed by atoms with Crippen LogP contribution in [0.2, 0.25) is 0 Å². The third-order valence-corrected chi connectivity index (χ3v) is 3.69. The first-order chi connectivity index (χ1) is 6.92. The van der Waals surface area contributed by atoms with Gasteiger partial charge in [-0.3, -0.25) is 0 Å². The molecule has 0 unspecified atom stereocenters. The Hall–Kier alpha value is -0.380. The number of nitrogens with two attached hydrogens (primary N) is 1. The van der Waals surface area contributed by atoms with Crippen molar-refractivity contribution < 1.29 is 4.74 Å². The average molecular weight is 211 g/mol. The van der Waals surface area contributed by atoms with E-state index >= 15 is 0 Å². The predicted octanol–water partition coefficient (Wildman–Crippen LogP) is 2.49. The monoisotopic (exact) mass is 211 g/mol. The summed E-state index contributed by atoms with van der Waals surface area (Å²) in [5, 5.41) is 2.18. The lowest BCUT2D eigenvalue weighted by atomic mass is 10.0. The highest BCUT2D eigenvalue weighted by Gasteiger charge is 2.20. The molecule has 2 heterocycles. The van der Waals surface area contributed by atoms with Crippen molar-refractivity contribution in [2.75, 3.05) is 13.2 Å². The van der Waals surface area contributed by atoms with Gasteiger partial charge in [0.05, 0.1) is 12.7 Å².